The minimum absolute atomic E-state index is 0. The highest BCUT2D eigenvalue weighted by Gasteiger charge is 2.17. The fourth-order valence-corrected chi connectivity index (χ4v) is 4.09. The van der Waals surface area contributed by atoms with Crippen LogP contribution in [0, 0.1) is 0 Å². The van der Waals surface area contributed by atoms with Crippen LogP contribution in [0.4, 0.5) is 0 Å². The number of piperidine rings is 1. The van der Waals surface area contributed by atoms with Gasteiger partial charge in [0.25, 0.3) is 0 Å². The van der Waals surface area contributed by atoms with Crippen LogP contribution in [0.5, 0.6) is 0 Å². The second-order valence-electron chi connectivity index (χ2n) is 6.70. The summed E-state index contributed by atoms with van der Waals surface area (Å²) in [6.45, 7) is 5.61. The number of benzene rings is 1. The first kappa shape index (κ1) is 20.9. The minimum Gasteiger partial charge on any atom is -0.357 e. The molecule has 1 aromatic carbocycles. The van der Waals surface area contributed by atoms with Crippen molar-refractivity contribution in [2.75, 3.05) is 19.6 Å². The molecule has 1 aliphatic heterocycles. The fourth-order valence-electron chi connectivity index (χ4n) is 3.37. The lowest BCUT2D eigenvalue weighted by Crippen LogP contribution is -2.44. The van der Waals surface area contributed by atoms with Crippen LogP contribution in [0.15, 0.2) is 58.7 Å². The van der Waals surface area contributed by atoms with Crippen molar-refractivity contribution in [2.45, 2.75) is 26.3 Å². The lowest BCUT2D eigenvalue weighted by molar-refractivity contribution is 0.375. The van der Waals surface area contributed by atoms with Crippen molar-refractivity contribution < 1.29 is 0 Å². The van der Waals surface area contributed by atoms with E-state index in [1.54, 1.807) is 11.3 Å². The molecule has 3 heterocycles. The van der Waals surface area contributed by atoms with Crippen LogP contribution < -0.4 is 5.32 Å². The Morgan fingerprint density at radius 2 is 2.04 bits per heavy atom. The first-order chi connectivity index (χ1) is 13.3. The first-order valence-corrected chi connectivity index (χ1v) is 10.4. The Balaban J connectivity index is 0.00000225. The van der Waals surface area contributed by atoms with Crippen molar-refractivity contribution in [3.05, 3.63) is 64.9 Å². The van der Waals surface area contributed by atoms with Crippen LogP contribution in [-0.4, -0.2) is 39.9 Å². The smallest absolute Gasteiger partial charge is 0.194 e. The zero-order valence-electron chi connectivity index (χ0n) is 16.0. The molecule has 0 saturated carbocycles. The van der Waals surface area contributed by atoms with Gasteiger partial charge in [0.15, 0.2) is 10.9 Å². The average Bonchev–Trinajstić information content (AvgIpc) is 3.28. The summed E-state index contributed by atoms with van der Waals surface area (Å²) in [7, 11) is 0. The fraction of sp³-hybridized carbons (Fsp3) is 0.333. The maximum atomic E-state index is 4.83. The SMILES string of the molecule is CCNC(=NCc1cn2ccsc2n1)N1CCC(=Cc2ccccc2)CC1.I. The molecule has 4 rings (SSSR count). The van der Waals surface area contributed by atoms with E-state index in [9.17, 15) is 0 Å². The number of nitrogens with one attached hydrogen (secondary N) is 1. The standard InChI is InChI=1S/C21H25N5S.HI/c1-2-22-20(23-15-19-16-26-12-13-27-21(26)24-19)25-10-8-18(9-11-25)14-17-6-4-3-5-7-17;/h3-7,12-14,16H,2,8-11,15H2,1H3,(H,22,23);1H. The number of guanidine groups is 1. The number of nitrogens with zero attached hydrogens (tertiary/aromatic N) is 4. The second kappa shape index (κ2) is 10.1. The lowest BCUT2D eigenvalue weighted by atomic mass is 10.0. The van der Waals surface area contributed by atoms with E-state index < -0.39 is 0 Å². The molecule has 2 aromatic heterocycles. The van der Waals surface area contributed by atoms with Crippen molar-refractivity contribution in [1.82, 2.24) is 19.6 Å². The van der Waals surface area contributed by atoms with Gasteiger partial charge in [-0.1, -0.05) is 42.0 Å². The number of fused-ring (bicyclic) bond motifs is 1. The molecule has 7 heteroatoms. The van der Waals surface area contributed by atoms with Gasteiger partial charge >= 0.3 is 0 Å². The predicted octanol–water partition coefficient (Wildman–Crippen LogP) is 4.66. The summed E-state index contributed by atoms with van der Waals surface area (Å²) >= 11 is 1.65. The quantitative estimate of drug-likeness (QED) is 0.318. The number of likely N-dealkylation sites (tertiary alicyclic amines) is 1. The molecule has 0 spiro atoms. The number of hydrogen-bond acceptors (Lipinski definition) is 3. The summed E-state index contributed by atoms with van der Waals surface area (Å²) in [4.78, 5) is 12.9. The van der Waals surface area contributed by atoms with Gasteiger partial charge in [0.05, 0.1) is 12.2 Å². The molecule has 0 unspecified atom stereocenters. The molecule has 1 N–H and O–H groups in total. The summed E-state index contributed by atoms with van der Waals surface area (Å²) in [6, 6.07) is 10.6. The molecule has 0 aliphatic carbocycles. The second-order valence-corrected chi connectivity index (χ2v) is 7.57. The maximum absolute atomic E-state index is 4.83. The number of halogens is 1. The van der Waals surface area contributed by atoms with Gasteiger partial charge in [0, 0.05) is 37.4 Å². The molecule has 148 valence electrons. The van der Waals surface area contributed by atoms with Crippen molar-refractivity contribution >= 4 is 52.3 Å². The monoisotopic (exact) mass is 507 g/mol. The molecule has 0 atom stereocenters. The van der Waals surface area contributed by atoms with Gasteiger partial charge < -0.3 is 10.2 Å². The predicted molar refractivity (Wildman–Crippen MR) is 129 cm³/mol. The molecule has 1 fully saturated rings. The van der Waals surface area contributed by atoms with E-state index in [2.05, 4.69) is 69.1 Å². The Bertz CT molecular complexity index is 906. The zero-order valence-corrected chi connectivity index (χ0v) is 19.2. The molecule has 3 aromatic rings. The van der Waals surface area contributed by atoms with Crippen molar-refractivity contribution in [3.8, 4) is 0 Å². The van der Waals surface area contributed by atoms with E-state index >= 15 is 0 Å². The van der Waals surface area contributed by atoms with Gasteiger partial charge in [-0.2, -0.15) is 0 Å². The van der Waals surface area contributed by atoms with Crippen molar-refractivity contribution in [1.29, 1.82) is 0 Å². The third-order valence-corrected chi connectivity index (χ3v) is 5.52. The summed E-state index contributed by atoms with van der Waals surface area (Å²) in [6.07, 6.45) is 8.60. The maximum Gasteiger partial charge on any atom is 0.194 e. The van der Waals surface area contributed by atoms with Gasteiger partial charge in [-0.05, 0) is 25.3 Å². The van der Waals surface area contributed by atoms with Gasteiger partial charge in [0.1, 0.15) is 0 Å². The number of rotatable bonds is 4. The van der Waals surface area contributed by atoms with Crippen LogP contribution in [0.2, 0.25) is 0 Å². The molecule has 1 aliphatic rings. The highest BCUT2D eigenvalue weighted by Crippen LogP contribution is 2.20. The molecular formula is C21H26IN5S. The number of aliphatic imine (C=N–C) groups is 1. The highest BCUT2D eigenvalue weighted by atomic mass is 127. The summed E-state index contributed by atoms with van der Waals surface area (Å²) in [5.74, 6) is 0.993. The molecule has 0 radical (unpaired) electrons. The first-order valence-electron chi connectivity index (χ1n) is 9.50. The highest BCUT2D eigenvalue weighted by molar-refractivity contribution is 14.0. The molecule has 28 heavy (non-hydrogen) atoms. The van der Waals surface area contributed by atoms with Crippen LogP contribution in [0.25, 0.3) is 11.0 Å². The largest absolute Gasteiger partial charge is 0.357 e. The van der Waals surface area contributed by atoms with Gasteiger partial charge in [-0.3, -0.25) is 4.40 Å². The Morgan fingerprint density at radius 3 is 2.75 bits per heavy atom. The van der Waals surface area contributed by atoms with Gasteiger partial charge in [-0.25, -0.2) is 9.98 Å². The van der Waals surface area contributed by atoms with Crippen LogP contribution in [-0.2, 0) is 6.54 Å². The van der Waals surface area contributed by atoms with Crippen LogP contribution in [0.1, 0.15) is 31.0 Å². The average molecular weight is 507 g/mol. The zero-order chi connectivity index (χ0) is 18.5. The van der Waals surface area contributed by atoms with Crippen LogP contribution >= 0.6 is 35.3 Å². The molecule has 0 bridgehead atoms. The topological polar surface area (TPSA) is 44.9 Å². The van der Waals surface area contributed by atoms with E-state index in [1.807, 2.05) is 11.6 Å². The Kier molecular flexibility index (Phi) is 7.50. The third kappa shape index (κ3) is 5.14. The van der Waals surface area contributed by atoms with E-state index in [0.717, 1.165) is 49.1 Å². The van der Waals surface area contributed by atoms with E-state index in [-0.39, 0.29) is 24.0 Å². The molecular weight excluding hydrogens is 481 g/mol. The van der Waals surface area contributed by atoms with Crippen LogP contribution in [0.3, 0.4) is 0 Å². The van der Waals surface area contributed by atoms with E-state index in [0.29, 0.717) is 6.54 Å². The summed E-state index contributed by atoms with van der Waals surface area (Å²) in [5, 5.41) is 5.49. The normalized spacial score (nSPS) is 14.8. The van der Waals surface area contributed by atoms with E-state index in [1.165, 1.54) is 11.1 Å². The molecule has 5 nitrogen and oxygen atoms in total. The Morgan fingerprint density at radius 1 is 1.25 bits per heavy atom. The summed E-state index contributed by atoms with van der Waals surface area (Å²) < 4.78 is 2.06. The molecule has 0 amide bonds. The Hall–Kier alpha value is -1.87. The Labute approximate surface area is 187 Å². The van der Waals surface area contributed by atoms with Gasteiger partial charge in [-0.15, -0.1) is 35.3 Å². The van der Waals surface area contributed by atoms with E-state index in [4.69, 9.17) is 4.99 Å². The number of aromatic nitrogens is 2. The third-order valence-electron chi connectivity index (χ3n) is 4.74. The van der Waals surface area contributed by atoms with Gasteiger partial charge in [0.2, 0.25) is 0 Å². The number of imidazole rings is 1. The number of hydrogen-bond donors (Lipinski definition) is 1. The number of thiazole rings is 1. The van der Waals surface area contributed by atoms with Crippen molar-refractivity contribution in [2.24, 2.45) is 4.99 Å². The minimum atomic E-state index is 0. The summed E-state index contributed by atoms with van der Waals surface area (Å²) in [5.41, 5.74) is 3.82. The lowest BCUT2D eigenvalue weighted by Gasteiger charge is -2.31. The van der Waals surface area contributed by atoms with Crippen molar-refractivity contribution in [3.63, 3.8) is 0 Å². The molecule has 1 saturated heterocycles.